The fraction of sp³-hybridized carbons (Fsp3) is 0.571. The monoisotopic (exact) mass is 273 g/mol. The van der Waals surface area contributed by atoms with Gasteiger partial charge in [0.25, 0.3) is 0 Å². The molecule has 0 spiro atoms. The molecule has 4 heteroatoms. The molecular weight excluding hydrogens is 253 g/mol. The summed E-state index contributed by atoms with van der Waals surface area (Å²) in [7, 11) is 1.68. The third-order valence-electron chi connectivity index (χ3n) is 2.79. The number of nitrogens with one attached hydrogen (secondary N) is 1. The Bertz CT molecular complexity index is 382. The summed E-state index contributed by atoms with van der Waals surface area (Å²) in [6, 6.07) is 4.96. The van der Waals surface area contributed by atoms with Crippen molar-refractivity contribution < 1.29 is 9.13 Å². The van der Waals surface area contributed by atoms with Gasteiger partial charge in [0, 0.05) is 20.2 Å². The highest BCUT2D eigenvalue weighted by molar-refractivity contribution is 6.31. The van der Waals surface area contributed by atoms with Gasteiger partial charge in [-0.3, -0.25) is 0 Å². The third kappa shape index (κ3) is 4.92. The van der Waals surface area contributed by atoms with Gasteiger partial charge in [-0.1, -0.05) is 37.6 Å². The number of methoxy groups -OCH3 is 1. The molecule has 0 atom stereocenters. The Hall–Kier alpha value is -0.640. The molecule has 1 aromatic rings. The van der Waals surface area contributed by atoms with Crippen molar-refractivity contribution >= 4 is 11.6 Å². The molecule has 1 N–H and O–H groups in total. The van der Waals surface area contributed by atoms with Crippen LogP contribution in [0.15, 0.2) is 18.2 Å². The van der Waals surface area contributed by atoms with Crippen molar-refractivity contribution in [3.05, 3.63) is 34.6 Å². The maximum absolute atomic E-state index is 13.3. The Morgan fingerprint density at radius 1 is 1.39 bits per heavy atom. The average Bonchev–Trinajstić information content (AvgIpc) is 2.31. The largest absolute Gasteiger partial charge is 0.383 e. The third-order valence-corrected chi connectivity index (χ3v) is 3.21. The van der Waals surface area contributed by atoms with E-state index in [1.54, 1.807) is 13.2 Å². The maximum atomic E-state index is 13.3. The number of benzene rings is 1. The summed E-state index contributed by atoms with van der Waals surface area (Å²) in [6.45, 7) is 6.61. The van der Waals surface area contributed by atoms with E-state index in [-0.39, 0.29) is 16.3 Å². The lowest BCUT2D eigenvalue weighted by molar-refractivity contribution is 0.194. The van der Waals surface area contributed by atoms with Crippen molar-refractivity contribution in [1.82, 2.24) is 5.32 Å². The molecule has 0 aliphatic heterocycles. The first kappa shape index (κ1) is 15.4. The lowest BCUT2D eigenvalue weighted by Crippen LogP contribution is -2.33. The minimum absolute atomic E-state index is 0.0190. The van der Waals surface area contributed by atoms with Crippen LogP contribution >= 0.6 is 11.6 Å². The number of hydrogen-bond donors (Lipinski definition) is 1. The SMILES string of the molecule is COCCNCC(C)(C)Cc1cccc(F)c1Cl. The zero-order chi connectivity index (χ0) is 13.6. The van der Waals surface area contributed by atoms with Crippen molar-refractivity contribution in [2.24, 2.45) is 5.41 Å². The Morgan fingerprint density at radius 3 is 2.78 bits per heavy atom. The van der Waals surface area contributed by atoms with E-state index in [1.165, 1.54) is 6.07 Å². The summed E-state index contributed by atoms with van der Waals surface area (Å²) in [5.41, 5.74) is 0.876. The fourth-order valence-corrected chi connectivity index (χ4v) is 2.06. The Balaban J connectivity index is 2.56. The predicted molar refractivity (Wildman–Crippen MR) is 73.6 cm³/mol. The zero-order valence-electron chi connectivity index (χ0n) is 11.2. The minimum Gasteiger partial charge on any atom is -0.383 e. The van der Waals surface area contributed by atoms with Crippen molar-refractivity contribution in [2.45, 2.75) is 20.3 Å². The molecule has 0 saturated heterocycles. The van der Waals surface area contributed by atoms with Crippen LogP contribution in [-0.2, 0) is 11.2 Å². The second kappa shape index (κ2) is 7.07. The average molecular weight is 274 g/mol. The smallest absolute Gasteiger partial charge is 0.142 e. The van der Waals surface area contributed by atoms with Gasteiger partial charge in [-0.05, 0) is 23.5 Å². The van der Waals surface area contributed by atoms with Crippen molar-refractivity contribution in [3.8, 4) is 0 Å². The maximum Gasteiger partial charge on any atom is 0.142 e. The molecule has 18 heavy (non-hydrogen) atoms. The molecule has 0 heterocycles. The van der Waals surface area contributed by atoms with E-state index in [2.05, 4.69) is 19.2 Å². The highest BCUT2D eigenvalue weighted by Crippen LogP contribution is 2.27. The minimum atomic E-state index is -0.350. The topological polar surface area (TPSA) is 21.3 Å². The molecule has 0 aliphatic rings. The van der Waals surface area contributed by atoms with E-state index in [0.29, 0.717) is 6.61 Å². The fourth-order valence-electron chi connectivity index (χ4n) is 1.86. The Kier molecular flexibility index (Phi) is 6.06. The van der Waals surface area contributed by atoms with Crippen molar-refractivity contribution in [2.75, 3.05) is 26.8 Å². The van der Waals surface area contributed by atoms with Crippen LogP contribution in [0.4, 0.5) is 4.39 Å². The predicted octanol–water partition coefficient (Wildman–Crippen LogP) is 3.28. The molecule has 0 bridgehead atoms. The van der Waals surface area contributed by atoms with Gasteiger partial charge >= 0.3 is 0 Å². The summed E-state index contributed by atoms with van der Waals surface area (Å²) in [6.07, 6.45) is 0.740. The molecule has 0 aliphatic carbocycles. The number of hydrogen-bond acceptors (Lipinski definition) is 2. The van der Waals surface area contributed by atoms with Crippen LogP contribution in [0, 0.1) is 11.2 Å². The molecule has 102 valence electrons. The molecule has 0 amide bonds. The standard InChI is InChI=1S/C14H21ClFNO/c1-14(2,10-17-7-8-18-3)9-11-5-4-6-12(16)13(11)15/h4-6,17H,7-10H2,1-3H3. The first-order valence-electron chi connectivity index (χ1n) is 6.09. The highest BCUT2D eigenvalue weighted by Gasteiger charge is 2.20. The second-order valence-electron chi connectivity index (χ2n) is 5.22. The van der Waals surface area contributed by atoms with E-state index in [4.69, 9.17) is 16.3 Å². The molecule has 0 saturated carbocycles. The van der Waals surface area contributed by atoms with Crippen LogP contribution < -0.4 is 5.32 Å². The first-order valence-corrected chi connectivity index (χ1v) is 6.46. The second-order valence-corrected chi connectivity index (χ2v) is 5.60. The van der Waals surface area contributed by atoms with Gasteiger partial charge in [0.15, 0.2) is 0 Å². The van der Waals surface area contributed by atoms with Crippen LogP contribution in [0.5, 0.6) is 0 Å². The van der Waals surface area contributed by atoms with Crippen LogP contribution in [0.25, 0.3) is 0 Å². The lowest BCUT2D eigenvalue weighted by atomic mass is 9.85. The lowest BCUT2D eigenvalue weighted by Gasteiger charge is -2.25. The van der Waals surface area contributed by atoms with Crippen LogP contribution in [0.2, 0.25) is 5.02 Å². The van der Waals surface area contributed by atoms with Crippen molar-refractivity contribution in [1.29, 1.82) is 0 Å². The molecule has 0 unspecified atom stereocenters. The van der Waals surface area contributed by atoms with Gasteiger partial charge in [-0.2, -0.15) is 0 Å². The molecule has 2 nitrogen and oxygen atoms in total. The summed E-state index contributed by atoms with van der Waals surface area (Å²) in [4.78, 5) is 0. The molecule has 1 aromatic carbocycles. The van der Waals surface area contributed by atoms with E-state index in [9.17, 15) is 4.39 Å². The van der Waals surface area contributed by atoms with Gasteiger partial charge in [-0.15, -0.1) is 0 Å². The van der Waals surface area contributed by atoms with Gasteiger partial charge in [-0.25, -0.2) is 4.39 Å². The molecular formula is C14H21ClFNO. The van der Waals surface area contributed by atoms with E-state index >= 15 is 0 Å². The summed E-state index contributed by atoms with van der Waals surface area (Å²) < 4.78 is 18.3. The van der Waals surface area contributed by atoms with Gasteiger partial charge in [0.1, 0.15) is 5.82 Å². The Morgan fingerprint density at radius 2 is 2.11 bits per heavy atom. The number of ether oxygens (including phenoxy) is 1. The van der Waals surface area contributed by atoms with Crippen LogP contribution in [-0.4, -0.2) is 26.8 Å². The quantitative estimate of drug-likeness (QED) is 0.770. The molecule has 0 fully saturated rings. The normalized spacial score (nSPS) is 11.8. The summed E-state index contributed by atoms with van der Waals surface area (Å²) >= 11 is 5.97. The van der Waals surface area contributed by atoms with Gasteiger partial charge < -0.3 is 10.1 Å². The Labute approximate surface area is 113 Å². The summed E-state index contributed by atoms with van der Waals surface area (Å²) in [5.74, 6) is -0.350. The molecule has 0 radical (unpaired) electrons. The van der Waals surface area contributed by atoms with Gasteiger partial charge in [0.05, 0.1) is 11.6 Å². The molecule has 1 rings (SSSR count). The van der Waals surface area contributed by atoms with E-state index in [0.717, 1.165) is 25.1 Å². The van der Waals surface area contributed by atoms with Gasteiger partial charge in [0.2, 0.25) is 0 Å². The highest BCUT2D eigenvalue weighted by atomic mass is 35.5. The van der Waals surface area contributed by atoms with Crippen LogP contribution in [0.3, 0.4) is 0 Å². The van der Waals surface area contributed by atoms with E-state index < -0.39 is 0 Å². The van der Waals surface area contributed by atoms with E-state index in [1.807, 2.05) is 6.07 Å². The van der Waals surface area contributed by atoms with Crippen molar-refractivity contribution in [3.63, 3.8) is 0 Å². The summed E-state index contributed by atoms with van der Waals surface area (Å²) in [5, 5.41) is 3.56. The van der Waals surface area contributed by atoms with Crippen LogP contribution in [0.1, 0.15) is 19.4 Å². The number of halogens is 2. The molecule has 0 aromatic heterocycles. The first-order chi connectivity index (χ1) is 8.46. The zero-order valence-corrected chi connectivity index (χ0v) is 12.0. The number of rotatable bonds is 7.